The molecule has 1 rings (SSSR count). The van der Waals surface area contributed by atoms with Gasteiger partial charge in [-0.2, -0.15) is 18.2 Å². The summed E-state index contributed by atoms with van der Waals surface area (Å²) >= 11 is 2.81. The molecule has 0 aliphatic heterocycles. The molecule has 0 aromatic carbocycles. The van der Waals surface area contributed by atoms with Crippen LogP contribution < -0.4 is 0 Å². The Morgan fingerprint density at radius 1 is 1.31 bits per heavy atom. The summed E-state index contributed by atoms with van der Waals surface area (Å²) in [5, 5.41) is 3.23. The summed E-state index contributed by atoms with van der Waals surface area (Å²) in [7, 11) is 0. The fourth-order valence-electron chi connectivity index (χ4n) is 0.581. The number of alkyl halides is 3. The van der Waals surface area contributed by atoms with Crippen LogP contribution in [0.5, 0.6) is 0 Å². The van der Waals surface area contributed by atoms with E-state index in [-0.39, 0.29) is 4.73 Å². The first-order chi connectivity index (χ1) is 5.75. The van der Waals surface area contributed by atoms with Crippen LogP contribution in [0.2, 0.25) is 0 Å². The minimum Gasteiger partial charge on any atom is -0.337 e. The number of hydrogen-bond donors (Lipinski definition) is 0. The molecule has 0 fully saturated rings. The zero-order valence-electron chi connectivity index (χ0n) is 6.81. The van der Waals surface area contributed by atoms with Crippen molar-refractivity contribution in [2.75, 3.05) is 0 Å². The Labute approximate surface area is 80.4 Å². The quantitative estimate of drug-likeness (QED) is 0.778. The zero-order chi connectivity index (χ0) is 10.3. The lowest BCUT2D eigenvalue weighted by atomic mass is 9.93. The van der Waals surface area contributed by atoms with E-state index in [2.05, 4.69) is 30.6 Å². The molecule has 74 valence electrons. The van der Waals surface area contributed by atoms with E-state index in [1.165, 1.54) is 0 Å². The summed E-state index contributed by atoms with van der Waals surface area (Å²) in [5.41, 5.74) is -2.12. The lowest BCUT2D eigenvalue weighted by molar-refractivity contribution is -0.186. The lowest BCUT2D eigenvalue weighted by Crippen LogP contribution is -2.36. The van der Waals surface area contributed by atoms with Crippen LogP contribution in [0, 0.1) is 0 Å². The summed E-state index contributed by atoms with van der Waals surface area (Å²) in [4.78, 5) is 3.47. The first-order valence-corrected chi connectivity index (χ1v) is 4.11. The van der Waals surface area contributed by atoms with Gasteiger partial charge in [-0.3, -0.25) is 0 Å². The molecule has 0 amide bonds. The van der Waals surface area contributed by atoms with Crippen LogP contribution in [0.4, 0.5) is 13.2 Å². The molecule has 0 N–H and O–H groups in total. The average Bonchev–Trinajstić information content (AvgIpc) is 2.33. The summed E-state index contributed by atoms with van der Waals surface area (Å²) in [6, 6.07) is 0. The molecule has 0 unspecified atom stereocenters. The molecule has 7 heteroatoms. The van der Waals surface area contributed by atoms with E-state index in [0.29, 0.717) is 0 Å². The highest BCUT2D eigenvalue weighted by Gasteiger charge is 2.52. The summed E-state index contributed by atoms with van der Waals surface area (Å²) in [6.07, 6.45) is -4.40. The van der Waals surface area contributed by atoms with Crippen molar-refractivity contribution in [1.29, 1.82) is 0 Å². The SMILES string of the molecule is CC(C)(c1nc(Br)no1)C(F)(F)F. The summed E-state index contributed by atoms with van der Waals surface area (Å²) in [5.74, 6) is -0.452. The van der Waals surface area contributed by atoms with Crippen LogP contribution in [-0.2, 0) is 5.41 Å². The largest absolute Gasteiger partial charge is 0.402 e. The zero-order valence-corrected chi connectivity index (χ0v) is 8.40. The Balaban J connectivity index is 3.07. The van der Waals surface area contributed by atoms with Gasteiger partial charge >= 0.3 is 6.18 Å². The molecular formula is C6H6BrF3N2O. The van der Waals surface area contributed by atoms with Gasteiger partial charge in [0, 0.05) is 0 Å². The second-order valence-corrected chi connectivity index (χ2v) is 3.70. The highest BCUT2D eigenvalue weighted by atomic mass is 79.9. The number of halogens is 4. The molecule has 3 nitrogen and oxygen atoms in total. The molecule has 0 saturated heterocycles. The van der Waals surface area contributed by atoms with Crippen molar-refractivity contribution in [2.45, 2.75) is 25.4 Å². The Morgan fingerprint density at radius 3 is 2.15 bits per heavy atom. The molecule has 13 heavy (non-hydrogen) atoms. The number of nitrogens with zero attached hydrogens (tertiary/aromatic N) is 2. The van der Waals surface area contributed by atoms with Crippen molar-refractivity contribution in [1.82, 2.24) is 10.1 Å². The van der Waals surface area contributed by atoms with Crippen LogP contribution in [0.3, 0.4) is 0 Å². The van der Waals surface area contributed by atoms with Gasteiger partial charge in [0.25, 0.3) is 0 Å². The van der Waals surface area contributed by atoms with Crippen LogP contribution in [-0.4, -0.2) is 16.3 Å². The predicted octanol–water partition coefficient (Wildman–Crippen LogP) is 2.67. The maximum Gasteiger partial charge on any atom is 0.402 e. The van der Waals surface area contributed by atoms with E-state index in [9.17, 15) is 13.2 Å². The van der Waals surface area contributed by atoms with Crippen molar-refractivity contribution < 1.29 is 17.7 Å². The Hall–Kier alpha value is -0.590. The van der Waals surface area contributed by atoms with Crippen molar-refractivity contribution >= 4 is 15.9 Å². The minimum absolute atomic E-state index is 0.0137. The molecule has 0 aliphatic carbocycles. The highest BCUT2D eigenvalue weighted by molar-refractivity contribution is 9.10. The fraction of sp³-hybridized carbons (Fsp3) is 0.667. The molecule has 1 heterocycles. The van der Waals surface area contributed by atoms with Gasteiger partial charge in [-0.15, -0.1) is 0 Å². The third-order valence-corrected chi connectivity index (χ3v) is 1.97. The van der Waals surface area contributed by atoms with Crippen LogP contribution >= 0.6 is 15.9 Å². The van der Waals surface area contributed by atoms with Gasteiger partial charge in [-0.1, -0.05) is 0 Å². The third-order valence-electron chi connectivity index (χ3n) is 1.64. The van der Waals surface area contributed by atoms with Crippen LogP contribution in [0.1, 0.15) is 19.7 Å². The standard InChI is InChI=1S/C6H6BrF3N2O/c1-5(2,6(8,9)10)3-11-4(7)12-13-3/h1-2H3. The molecule has 0 aliphatic rings. The number of rotatable bonds is 1. The fourth-order valence-corrected chi connectivity index (χ4v) is 0.814. The molecule has 0 radical (unpaired) electrons. The lowest BCUT2D eigenvalue weighted by Gasteiger charge is -2.22. The summed E-state index contributed by atoms with van der Waals surface area (Å²) < 4.78 is 41.6. The second kappa shape index (κ2) is 2.97. The minimum atomic E-state index is -4.40. The van der Waals surface area contributed by atoms with Gasteiger partial charge in [0.2, 0.25) is 10.6 Å². The van der Waals surface area contributed by atoms with E-state index in [1.54, 1.807) is 0 Å². The van der Waals surface area contributed by atoms with Gasteiger partial charge in [-0.25, -0.2) is 0 Å². The van der Waals surface area contributed by atoms with Crippen molar-refractivity contribution in [3.05, 3.63) is 10.6 Å². The van der Waals surface area contributed by atoms with Crippen molar-refractivity contribution in [3.8, 4) is 0 Å². The normalized spacial score (nSPS) is 13.4. The Morgan fingerprint density at radius 2 is 1.85 bits per heavy atom. The van der Waals surface area contributed by atoms with Crippen molar-refractivity contribution in [3.63, 3.8) is 0 Å². The molecular weight excluding hydrogens is 253 g/mol. The molecule has 0 spiro atoms. The first-order valence-electron chi connectivity index (χ1n) is 3.31. The maximum absolute atomic E-state index is 12.4. The monoisotopic (exact) mass is 258 g/mol. The molecule has 0 saturated carbocycles. The highest BCUT2D eigenvalue weighted by Crippen LogP contribution is 2.39. The van der Waals surface area contributed by atoms with Gasteiger partial charge in [0.1, 0.15) is 5.41 Å². The molecule has 1 aromatic rings. The Kier molecular flexibility index (Phi) is 2.40. The van der Waals surface area contributed by atoms with E-state index in [0.717, 1.165) is 13.8 Å². The molecule has 0 bridgehead atoms. The molecule has 1 aromatic heterocycles. The summed E-state index contributed by atoms with van der Waals surface area (Å²) in [6.45, 7) is 1.96. The van der Waals surface area contributed by atoms with Crippen LogP contribution in [0.25, 0.3) is 0 Å². The Bertz CT molecular complexity index is 307. The van der Waals surface area contributed by atoms with E-state index >= 15 is 0 Å². The van der Waals surface area contributed by atoms with E-state index in [1.807, 2.05) is 0 Å². The van der Waals surface area contributed by atoms with Crippen LogP contribution in [0.15, 0.2) is 9.26 Å². The third kappa shape index (κ3) is 1.84. The predicted molar refractivity (Wildman–Crippen MR) is 41.1 cm³/mol. The van der Waals surface area contributed by atoms with Gasteiger partial charge in [0.05, 0.1) is 0 Å². The van der Waals surface area contributed by atoms with Gasteiger partial charge in [0.15, 0.2) is 0 Å². The van der Waals surface area contributed by atoms with E-state index < -0.39 is 17.5 Å². The topological polar surface area (TPSA) is 38.9 Å². The average molecular weight is 259 g/mol. The number of aromatic nitrogens is 2. The first kappa shape index (κ1) is 10.5. The van der Waals surface area contributed by atoms with E-state index in [4.69, 9.17) is 0 Å². The van der Waals surface area contributed by atoms with Gasteiger partial charge in [-0.05, 0) is 34.9 Å². The molecule has 0 atom stereocenters. The van der Waals surface area contributed by atoms with Crippen molar-refractivity contribution in [2.24, 2.45) is 0 Å². The second-order valence-electron chi connectivity index (χ2n) is 2.99. The van der Waals surface area contributed by atoms with Gasteiger partial charge < -0.3 is 4.52 Å². The number of hydrogen-bond acceptors (Lipinski definition) is 3. The smallest absolute Gasteiger partial charge is 0.337 e. The maximum atomic E-state index is 12.4.